The molecule has 6 heteroatoms. The van der Waals surface area contributed by atoms with Crippen molar-refractivity contribution in [2.75, 3.05) is 5.32 Å². The van der Waals surface area contributed by atoms with Crippen molar-refractivity contribution in [2.24, 2.45) is 5.10 Å². The third-order valence-electron chi connectivity index (χ3n) is 3.69. The molecule has 0 aromatic heterocycles. The first kappa shape index (κ1) is 17.6. The summed E-state index contributed by atoms with van der Waals surface area (Å²) in [6.07, 6.45) is 1.21. The summed E-state index contributed by atoms with van der Waals surface area (Å²) in [5.74, 6) is -0.970. The Morgan fingerprint density at radius 1 is 0.923 bits per heavy atom. The van der Waals surface area contributed by atoms with E-state index in [4.69, 9.17) is 11.6 Å². The maximum atomic E-state index is 11.9. The van der Waals surface area contributed by atoms with E-state index in [9.17, 15) is 9.59 Å². The standard InChI is InChI=1S/C20H16ClN3O2/c21-17-10-3-4-11-18(17)23-19(25)12-20(26)24-22-13-15-8-5-7-14-6-1-2-9-16(14)15/h1-11,13H,12H2,(H,23,25)(H,24,26). The van der Waals surface area contributed by atoms with E-state index >= 15 is 0 Å². The zero-order valence-electron chi connectivity index (χ0n) is 13.8. The monoisotopic (exact) mass is 365 g/mol. The number of carbonyl (C=O) groups is 2. The molecule has 0 fully saturated rings. The number of rotatable bonds is 5. The van der Waals surface area contributed by atoms with E-state index in [2.05, 4.69) is 15.8 Å². The number of hydrogen-bond donors (Lipinski definition) is 2. The summed E-state index contributed by atoms with van der Waals surface area (Å²) >= 11 is 5.97. The average molecular weight is 366 g/mol. The van der Waals surface area contributed by atoms with Crippen LogP contribution >= 0.6 is 11.6 Å². The highest BCUT2D eigenvalue weighted by atomic mass is 35.5. The van der Waals surface area contributed by atoms with Crippen LogP contribution in [0.2, 0.25) is 5.02 Å². The zero-order valence-corrected chi connectivity index (χ0v) is 14.5. The van der Waals surface area contributed by atoms with Gasteiger partial charge in [0, 0.05) is 5.56 Å². The van der Waals surface area contributed by atoms with Crippen LogP contribution in [0.1, 0.15) is 12.0 Å². The van der Waals surface area contributed by atoms with Crippen molar-refractivity contribution in [2.45, 2.75) is 6.42 Å². The first-order valence-corrected chi connectivity index (χ1v) is 8.35. The molecule has 2 amide bonds. The molecule has 3 rings (SSSR count). The van der Waals surface area contributed by atoms with Crippen LogP contribution in [0.25, 0.3) is 10.8 Å². The van der Waals surface area contributed by atoms with Crippen molar-refractivity contribution >= 4 is 46.1 Å². The number of halogens is 1. The second-order valence-electron chi connectivity index (χ2n) is 5.57. The Morgan fingerprint density at radius 3 is 2.50 bits per heavy atom. The van der Waals surface area contributed by atoms with Gasteiger partial charge in [-0.05, 0) is 22.9 Å². The number of nitrogens with one attached hydrogen (secondary N) is 2. The molecule has 26 heavy (non-hydrogen) atoms. The van der Waals surface area contributed by atoms with Crippen LogP contribution in [0.3, 0.4) is 0 Å². The van der Waals surface area contributed by atoms with Gasteiger partial charge < -0.3 is 5.32 Å². The second kappa shape index (κ2) is 8.27. The van der Waals surface area contributed by atoms with Gasteiger partial charge in [-0.15, -0.1) is 0 Å². The Kier molecular flexibility index (Phi) is 5.61. The summed E-state index contributed by atoms with van der Waals surface area (Å²) < 4.78 is 0. The molecule has 0 spiro atoms. The normalized spacial score (nSPS) is 10.8. The van der Waals surface area contributed by atoms with Crippen LogP contribution in [0.5, 0.6) is 0 Å². The van der Waals surface area contributed by atoms with Gasteiger partial charge >= 0.3 is 0 Å². The van der Waals surface area contributed by atoms with Crippen LogP contribution in [0.4, 0.5) is 5.69 Å². The molecular formula is C20H16ClN3O2. The van der Waals surface area contributed by atoms with E-state index in [0.29, 0.717) is 10.7 Å². The smallest absolute Gasteiger partial charge is 0.249 e. The minimum Gasteiger partial charge on any atom is -0.324 e. The van der Waals surface area contributed by atoms with Crippen molar-refractivity contribution in [3.05, 3.63) is 77.3 Å². The number of fused-ring (bicyclic) bond motifs is 1. The molecule has 0 aliphatic carbocycles. The lowest BCUT2D eigenvalue weighted by molar-refractivity contribution is -0.126. The molecule has 0 heterocycles. The van der Waals surface area contributed by atoms with Crippen molar-refractivity contribution in [3.8, 4) is 0 Å². The van der Waals surface area contributed by atoms with Gasteiger partial charge in [-0.3, -0.25) is 9.59 Å². The van der Waals surface area contributed by atoms with E-state index in [1.54, 1.807) is 30.5 Å². The largest absolute Gasteiger partial charge is 0.324 e. The molecule has 0 bridgehead atoms. The molecule has 0 aliphatic heterocycles. The van der Waals surface area contributed by atoms with Crippen LogP contribution in [0.15, 0.2) is 71.8 Å². The molecule has 0 saturated heterocycles. The molecule has 0 radical (unpaired) electrons. The topological polar surface area (TPSA) is 70.6 Å². The van der Waals surface area contributed by atoms with Crippen molar-refractivity contribution < 1.29 is 9.59 Å². The average Bonchev–Trinajstić information content (AvgIpc) is 2.64. The number of hydrogen-bond acceptors (Lipinski definition) is 3. The van der Waals surface area contributed by atoms with E-state index < -0.39 is 11.8 Å². The van der Waals surface area contributed by atoms with E-state index in [-0.39, 0.29) is 6.42 Å². The van der Waals surface area contributed by atoms with Crippen LogP contribution in [-0.2, 0) is 9.59 Å². The molecule has 3 aromatic rings. The summed E-state index contributed by atoms with van der Waals surface area (Å²) in [6, 6.07) is 20.5. The molecule has 3 aromatic carbocycles. The zero-order chi connectivity index (χ0) is 18.4. The van der Waals surface area contributed by atoms with Gasteiger partial charge in [-0.2, -0.15) is 5.10 Å². The first-order valence-electron chi connectivity index (χ1n) is 7.97. The Morgan fingerprint density at radius 2 is 1.65 bits per heavy atom. The summed E-state index contributed by atoms with van der Waals surface area (Å²) in [5, 5.41) is 9.06. The highest BCUT2D eigenvalue weighted by Crippen LogP contribution is 2.20. The lowest BCUT2D eigenvalue weighted by Crippen LogP contribution is -2.24. The molecule has 130 valence electrons. The van der Waals surface area contributed by atoms with Crippen LogP contribution < -0.4 is 10.7 Å². The Balaban J connectivity index is 1.57. The fourth-order valence-electron chi connectivity index (χ4n) is 2.48. The van der Waals surface area contributed by atoms with Gasteiger partial charge in [0.15, 0.2) is 0 Å². The van der Waals surface area contributed by atoms with Gasteiger partial charge in [0.1, 0.15) is 6.42 Å². The minimum atomic E-state index is -0.508. The molecule has 0 aliphatic rings. The van der Waals surface area contributed by atoms with Gasteiger partial charge in [-0.25, -0.2) is 5.43 Å². The molecule has 2 N–H and O–H groups in total. The van der Waals surface area contributed by atoms with E-state index in [1.807, 2.05) is 42.5 Å². The van der Waals surface area contributed by atoms with Crippen molar-refractivity contribution in [1.29, 1.82) is 0 Å². The lowest BCUT2D eigenvalue weighted by Gasteiger charge is -2.06. The minimum absolute atomic E-state index is 0.349. The Hall–Kier alpha value is -3.18. The van der Waals surface area contributed by atoms with Crippen LogP contribution in [0, 0.1) is 0 Å². The summed E-state index contributed by atoms with van der Waals surface area (Å²) in [7, 11) is 0. The Labute approximate surface area is 155 Å². The van der Waals surface area contributed by atoms with Crippen molar-refractivity contribution in [1.82, 2.24) is 5.43 Å². The summed E-state index contributed by atoms with van der Waals surface area (Å²) in [6.45, 7) is 0. The predicted octanol–water partition coefficient (Wildman–Crippen LogP) is 3.97. The van der Waals surface area contributed by atoms with Crippen molar-refractivity contribution in [3.63, 3.8) is 0 Å². The maximum absolute atomic E-state index is 11.9. The number of anilines is 1. The van der Waals surface area contributed by atoms with Gasteiger partial charge in [0.2, 0.25) is 11.8 Å². The maximum Gasteiger partial charge on any atom is 0.249 e. The van der Waals surface area contributed by atoms with Crippen LogP contribution in [-0.4, -0.2) is 18.0 Å². The third-order valence-corrected chi connectivity index (χ3v) is 4.01. The first-order chi connectivity index (χ1) is 12.6. The second-order valence-corrected chi connectivity index (χ2v) is 5.97. The van der Waals surface area contributed by atoms with E-state index in [0.717, 1.165) is 16.3 Å². The van der Waals surface area contributed by atoms with Gasteiger partial charge in [-0.1, -0.05) is 66.2 Å². The number of amides is 2. The van der Waals surface area contributed by atoms with E-state index in [1.165, 1.54) is 0 Å². The predicted molar refractivity (Wildman–Crippen MR) is 104 cm³/mol. The molecule has 0 saturated carbocycles. The molecule has 0 atom stereocenters. The fraction of sp³-hybridized carbons (Fsp3) is 0.0500. The molecule has 5 nitrogen and oxygen atoms in total. The number of carbonyl (C=O) groups excluding carboxylic acids is 2. The SMILES string of the molecule is O=C(CC(=O)Nc1ccccc1Cl)NN=Cc1cccc2ccccc12. The summed E-state index contributed by atoms with van der Waals surface area (Å²) in [5.41, 5.74) is 3.71. The lowest BCUT2D eigenvalue weighted by atomic mass is 10.1. The molecule has 0 unspecified atom stereocenters. The third kappa shape index (κ3) is 4.46. The number of hydrazone groups is 1. The molecular weight excluding hydrogens is 350 g/mol. The summed E-state index contributed by atoms with van der Waals surface area (Å²) in [4.78, 5) is 23.8. The number of benzene rings is 3. The highest BCUT2D eigenvalue weighted by molar-refractivity contribution is 6.33. The van der Waals surface area contributed by atoms with Gasteiger partial charge in [0.05, 0.1) is 16.9 Å². The number of para-hydroxylation sites is 1. The van der Waals surface area contributed by atoms with Gasteiger partial charge in [0.25, 0.3) is 0 Å². The number of nitrogens with zero attached hydrogens (tertiary/aromatic N) is 1. The quantitative estimate of drug-likeness (QED) is 0.408. The highest BCUT2D eigenvalue weighted by Gasteiger charge is 2.10. The Bertz CT molecular complexity index is 980. The fourth-order valence-corrected chi connectivity index (χ4v) is 2.66.